The summed E-state index contributed by atoms with van der Waals surface area (Å²) in [5.41, 5.74) is 0. The third-order valence-corrected chi connectivity index (χ3v) is 2.90. The fourth-order valence-corrected chi connectivity index (χ4v) is 1.31. The monoisotopic (exact) mass is 291 g/mol. The Morgan fingerprint density at radius 1 is 0.750 bits per heavy atom. The molecule has 20 heavy (non-hydrogen) atoms. The van der Waals surface area contributed by atoms with E-state index in [4.69, 9.17) is 18.9 Å². The van der Waals surface area contributed by atoms with Crippen LogP contribution in [0.15, 0.2) is 0 Å². The van der Waals surface area contributed by atoms with E-state index >= 15 is 0 Å². The molecule has 122 valence electrons. The van der Waals surface area contributed by atoms with E-state index in [2.05, 4.69) is 18.7 Å². The molecule has 0 aliphatic rings. The summed E-state index contributed by atoms with van der Waals surface area (Å²) in [5, 5.41) is 0. The van der Waals surface area contributed by atoms with Gasteiger partial charge >= 0.3 is 0 Å². The van der Waals surface area contributed by atoms with Crippen molar-refractivity contribution in [2.75, 3.05) is 73.5 Å². The van der Waals surface area contributed by atoms with Gasteiger partial charge in [-0.25, -0.2) is 0 Å². The molecule has 0 fully saturated rings. The van der Waals surface area contributed by atoms with Gasteiger partial charge in [0.2, 0.25) is 0 Å². The molecule has 0 amide bonds. The maximum atomic E-state index is 5.49. The van der Waals surface area contributed by atoms with E-state index in [0.717, 1.165) is 26.2 Å². The van der Waals surface area contributed by atoms with Crippen molar-refractivity contribution in [2.45, 2.75) is 20.3 Å². The zero-order valence-corrected chi connectivity index (χ0v) is 13.7. The van der Waals surface area contributed by atoms with Gasteiger partial charge in [-0.1, -0.05) is 20.3 Å². The summed E-state index contributed by atoms with van der Waals surface area (Å²) >= 11 is 0. The van der Waals surface area contributed by atoms with Crippen LogP contribution in [0.2, 0.25) is 0 Å². The Balaban J connectivity index is 2.99. The summed E-state index contributed by atoms with van der Waals surface area (Å²) in [7, 11) is 4.06. The van der Waals surface area contributed by atoms with Gasteiger partial charge in [0.15, 0.2) is 0 Å². The zero-order chi connectivity index (χ0) is 15.1. The van der Waals surface area contributed by atoms with Gasteiger partial charge in [-0.3, -0.25) is 0 Å². The van der Waals surface area contributed by atoms with E-state index in [1.807, 2.05) is 14.1 Å². The number of ether oxygens (including phenoxy) is 4. The number of nitrogens with zero attached hydrogens (tertiary/aromatic N) is 1. The van der Waals surface area contributed by atoms with Gasteiger partial charge in [-0.2, -0.15) is 0 Å². The minimum Gasteiger partial charge on any atom is -0.379 e. The summed E-state index contributed by atoms with van der Waals surface area (Å²) in [5.74, 6) is 0.630. The molecule has 0 saturated heterocycles. The molecule has 1 unspecified atom stereocenters. The minimum absolute atomic E-state index is 0.613. The molecule has 0 aromatic rings. The number of hydrogen-bond donors (Lipinski definition) is 0. The Kier molecular flexibility index (Phi) is 15.0. The van der Waals surface area contributed by atoms with Gasteiger partial charge in [0.05, 0.1) is 46.2 Å². The molecule has 0 rings (SSSR count). The van der Waals surface area contributed by atoms with Crippen molar-refractivity contribution >= 4 is 0 Å². The molecule has 0 bridgehead atoms. The second-order valence-electron chi connectivity index (χ2n) is 5.23. The fraction of sp³-hybridized carbons (Fsp3) is 1.00. The van der Waals surface area contributed by atoms with E-state index in [1.54, 1.807) is 0 Å². The Morgan fingerprint density at radius 3 is 1.65 bits per heavy atom. The predicted octanol–water partition coefficient (Wildman–Crippen LogP) is 1.66. The first-order chi connectivity index (χ1) is 9.66. The number of likely N-dealkylation sites (N-methyl/N-ethyl adjacent to an activating group) is 1. The van der Waals surface area contributed by atoms with Crippen molar-refractivity contribution < 1.29 is 18.9 Å². The van der Waals surface area contributed by atoms with Crippen LogP contribution in [0.4, 0.5) is 0 Å². The first-order valence-corrected chi connectivity index (χ1v) is 7.62. The summed E-state index contributed by atoms with van der Waals surface area (Å²) in [6.45, 7) is 10.7. The molecule has 0 spiro atoms. The number of rotatable bonds is 15. The lowest BCUT2D eigenvalue weighted by molar-refractivity contribution is -0.00628. The Hall–Kier alpha value is -0.200. The van der Waals surface area contributed by atoms with E-state index in [0.29, 0.717) is 45.6 Å². The van der Waals surface area contributed by atoms with Crippen molar-refractivity contribution in [2.24, 2.45) is 5.92 Å². The molecule has 0 aromatic carbocycles. The van der Waals surface area contributed by atoms with E-state index in [9.17, 15) is 0 Å². The zero-order valence-electron chi connectivity index (χ0n) is 13.7. The summed E-state index contributed by atoms with van der Waals surface area (Å²) in [6.07, 6.45) is 1.16. The van der Waals surface area contributed by atoms with Crippen LogP contribution < -0.4 is 0 Å². The predicted molar refractivity (Wildman–Crippen MR) is 81.3 cm³/mol. The standard InChI is InChI=1S/C15H33NO4/c1-5-15(2)14-20-13-12-19-11-10-18-9-8-17-7-6-16(3)4/h15H,5-14H2,1-4H3. The van der Waals surface area contributed by atoms with Crippen LogP contribution >= 0.6 is 0 Å². The van der Waals surface area contributed by atoms with Crippen molar-refractivity contribution in [3.63, 3.8) is 0 Å². The average molecular weight is 291 g/mol. The van der Waals surface area contributed by atoms with Gasteiger partial charge in [-0.05, 0) is 20.0 Å². The highest BCUT2D eigenvalue weighted by molar-refractivity contribution is 4.46. The largest absolute Gasteiger partial charge is 0.379 e. The summed E-state index contributed by atoms with van der Waals surface area (Å²) in [4.78, 5) is 2.10. The van der Waals surface area contributed by atoms with Crippen LogP contribution in [0.25, 0.3) is 0 Å². The molecule has 0 aromatic heterocycles. The molecule has 5 nitrogen and oxygen atoms in total. The van der Waals surface area contributed by atoms with E-state index in [-0.39, 0.29) is 0 Å². The first kappa shape index (κ1) is 19.8. The van der Waals surface area contributed by atoms with Gasteiger partial charge in [0.1, 0.15) is 0 Å². The second-order valence-corrected chi connectivity index (χ2v) is 5.23. The van der Waals surface area contributed by atoms with Crippen LogP contribution in [0.5, 0.6) is 0 Å². The Morgan fingerprint density at radius 2 is 1.20 bits per heavy atom. The van der Waals surface area contributed by atoms with Gasteiger partial charge in [0.25, 0.3) is 0 Å². The quantitative estimate of drug-likeness (QED) is 0.429. The molecule has 0 radical (unpaired) electrons. The SMILES string of the molecule is CCC(C)COCCOCCOCCOCCN(C)C. The van der Waals surface area contributed by atoms with Crippen molar-refractivity contribution in [3.05, 3.63) is 0 Å². The third kappa shape index (κ3) is 15.9. The molecule has 5 heteroatoms. The lowest BCUT2D eigenvalue weighted by Gasteiger charge is -2.11. The molecule has 0 N–H and O–H groups in total. The Bertz CT molecular complexity index is 191. The lowest BCUT2D eigenvalue weighted by Crippen LogP contribution is -2.19. The van der Waals surface area contributed by atoms with Crippen molar-refractivity contribution in [3.8, 4) is 0 Å². The van der Waals surface area contributed by atoms with Crippen LogP contribution in [0.1, 0.15) is 20.3 Å². The van der Waals surface area contributed by atoms with Gasteiger partial charge < -0.3 is 23.8 Å². The van der Waals surface area contributed by atoms with Gasteiger partial charge in [0, 0.05) is 13.2 Å². The lowest BCUT2D eigenvalue weighted by atomic mass is 10.1. The summed E-state index contributed by atoms with van der Waals surface area (Å²) in [6, 6.07) is 0. The third-order valence-electron chi connectivity index (χ3n) is 2.90. The van der Waals surface area contributed by atoms with Gasteiger partial charge in [-0.15, -0.1) is 0 Å². The highest BCUT2D eigenvalue weighted by atomic mass is 16.6. The highest BCUT2D eigenvalue weighted by Crippen LogP contribution is 1.99. The average Bonchev–Trinajstić information content (AvgIpc) is 2.43. The fourth-order valence-electron chi connectivity index (χ4n) is 1.31. The van der Waals surface area contributed by atoms with Crippen molar-refractivity contribution in [1.29, 1.82) is 0 Å². The smallest absolute Gasteiger partial charge is 0.0701 e. The molecular formula is C15H33NO4. The molecule has 0 saturated carbocycles. The van der Waals surface area contributed by atoms with Crippen LogP contribution in [0, 0.1) is 5.92 Å². The normalized spacial score (nSPS) is 13.1. The first-order valence-electron chi connectivity index (χ1n) is 7.62. The summed E-state index contributed by atoms with van der Waals surface area (Å²) < 4.78 is 21.7. The molecule has 0 heterocycles. The topological polar surface area (TPSA) is 40.2 Å². The Labute approximate surface area is 124 Å². The molecule has 1 atom stereocenters. The van der Waals surface area contributed by atoms with Crippen molar-refractivity contribution in [1.82, 2.24) is 4.90 Å². The number of hydrogen-bond acceptors (Lipinski definition) is 5. The minimum atomic E-state index is 0.613. The van der Waals surface area contributed by atoms with Crippen LogP contribution in [-0.2, 0) is 18.9 Å². The maximum absolute atomic E-state index is 5.49. The molecule has 0 aliphatic carbocycles. The van der Waals surface area contributed by atoms with Crippen LogP contribution in [-0.4, -0.2) is 78.4 Å². The highest BCUT2D eigenvalue weighted by Gasteiger charge is 1.98. The van der Waals surface area contributed by atoms with Crippen LogP contribution in [0.3, 0.4) is 0 Å². The molecular weight excluding hydrogens is 258 g/mol. The second kappa shape index (κ2) is 15.2. The van der Waals surface area contributed by atoms with E-state index in [1.165, 1.54) is 0 Å². The maximum Gasteiger partial charge on any atom is 0.0701 e. The molecule has 0 aliphatic heterocycles. The van der Waals surface area contributed by atoms with E-state index < -0.39 is 0 Å².